The van der Waals surface area contributed by atoms with E-state index in [2.05, 4.69) is 0 Å². The maximum absolute atomic E-state index is 11.6. The van der Waals surface area contributed by atoms with Crippen LogP contribution in [0, 0.1) is 0 Å². The summed E-state index contributed by atoms with van der Waals surface area (Å²) in [6.45, 7) is 3.82. The van der Waals surface area contributed by atoms with Crippen molar-refractivity contribution < 1.29 is 4.79 Å². The van der Waals surface area contributed by atoms with Gasteiger partial charge in [-0.3, -0.25) is 4.79 Å². The molecule has 2 nitrogen and oxygen atoms in total. The smallest absolute Gasteiger partial charge is 0.246 e. The number of likely N-dealkylation sites (N-methyl/N-ethyl adjacent to an activating group) is 1. The second kappa shape index (κ2) is 5.71. The van der Waals surface area contributed by atoms with Gasteiger partial charge < -0.3 is 4.90 Å². The number of carbonyl (C=O) groups excluding carboxylic acids is 1. The zero-order chi connectivity index (χ0) is 12.1. The van der Waals surface area contributed by atoms with Crippen LogP contribution in [0.1, 0.15) is 25.5 Å². The highest BCUT2D eigenvalue weighted by Crippen LogP contribution is 2.20. The molecule has 1 amide bonds. The zero-order valence-corrected chi connectivity index (χ0v) is 10.5. The maximum Gasteiger partial charge on any atom is 0.246 e. The van der Waals surface area contributed by atoms with Crippen molar-refractivity contribution in [1.82, 2.24) is 4.90 Å². The molecule has 0 aliphatic rings. The van der Waals surface area contributed by atoms with Crippen LogP contribution in [0.3, 0.4) is 0 Å². The van der Waals surface area contributed by atoms with Crippen LogP contribution in [-0.4, -0.2) is 17.9 Å². The molecule has 0 radical (unpaired) electrons. The van der Waals surface area contributed by atoms with E-state index in [0.29, 0.717) is 5.02 Å². The molecule has 0 aliphatic heterocycles. The van der Waals surface area contributed by atoms with E-state index in [1.54, 1.807) is 24.1 Å². The van der Waals surface area contributed by atoms with Crippen molar-refractivity contribution in [2.45, 2.75) is 19.9 Å². The molecule has 0 fully saturated rings. The Morgan fingerprint density at radius 2 is 1.94 bits per heavy atom. The summed E-state index contributed by atoms with van der Waals surface area (Å²) >= 11 is 5.82. The molecule has 0 saturated carbocycles. The third-order valence-corrected chi connectivity index (χ3v) is 2.84. The summed E-state index contributed by atoms with van der Waals surface area (Å²) in [5, 5.41) is 0.707. The molecule has 1 aromatic rings. The summed E-state index contributed by atoms with van der Waals surface area (Å²) in [6, 6.07) is 7.59. The molecule has 0 bridgehead atoms. The Bertz CT molecular complexity index is 383. The van der Waals surface area contributed by atoms with Crippen molar-refractivity contribution >= 4 is 17.5 Å². The minimum Gasteiger partial charge on any atom is -0.335 e. The molecule has 1 aromatic carbocycles. The van der Waals surface area contributed by atoms with Crippen LogP contribution < -0.4 is 0 Å². The van der Waals surface area contributed by atoms with Gasteiger partial charge in [-0.25, -0.2) is 0 Å². The first kappa shape index (κ1) is 12.8. The minimum absolute atomic E-state index is 0.00458. The number of rotatable bonds is 3. The number of halogens is 1. The van der Waals surface area contributed by atoms with Crippen LogP contribution in [-0.2, 0) is 4.79 Å². The van der Waals surface area contributed by atoms with Crippen molar-refractivity contribution in [3.8, 4) is 0 Å². The zero-order valence-electron chi connectivity index (χ0n) is 9.77. The Morgan fingerprint density at radius 1 is 1.38 bits per heavy atom. The summed E-state index contributed by atoms with van der Waals surface area (Å²) < 4.78 is 0. The molecular weight excluding hydrogens is 222 g/mol. The van der Waals surface area contributed by atoms with E-state index in [-0.39, 0.29) is 11.9 Å². The van der Waals surface area contributed by atoms with Gasteiger partial charge >= 0.3 is 0 Å². The fraction of sp³-hybridized carbons (Fsp3) is 0.308. The lowest BCUT2D eigenvalue weighted by molar-refractivity contribution is -0.126. The van der Waals surface area contributed by atoms with Gasteiger partial charge in [-0.05, 0) is 37.6 Å². The standard InChI is InChI=1S/C13H16ClNO/c1-4-5-13(16)15(3)10(2)11-6-8-12(14)9-7-11/h4-10H,1-3H3. The monoisotopic (exact) mass is 237 g/mol. The predicted molar refractivity (Wildman–Crippen MR) is 67.5 cm³/mol. The quantitative estimate of drug-likeness (QED) is 0.738. The number of nitrogens with zero attached hydrogens (tertiary/aromatic N) is 1. The van der Waals surface area contributed by atoms with Crippen LogP contribution in [0.4, 0.5) is 0 Å². The summed E-state index contributed by atoms with van der Waals surface area (Å²) in [5.74, 6) is 0.00458. The maximum atomic E-state index is 11.6. The van der Waals surface area contributed by atoms with Crippen LogP contribution in [0.15, 0.2) is 36.4 Å². The fourth-order valence-electron chi connectivity index (χ4n) is 1.42. The molecule has 0 aliphatic carbocycles. The number of amides is 1. The first-order valence-corrected chi connectivity index (χ1v) is 5.59. The van der Waals surface area contributed by atoms with Crippen molar-refractivity contribution in [3.05, 3.63) is 47.0 Å². The summed E-state index contributed by atoms with van der Waals surface area (Å²) in [5.41, 5.74) is 1.07. The molecule has 0 N–H and O–H groups in total. The number of hydrogen-bond acceptors (Lipinski definition) is 1. The van der Waals surface area contributed by atoms with Crippen molar-refractivity contribution in [3.63, 3.8) is 0 Å². The molecule has 0 aromatic heterocycles. The van der Waals surface area contributed by atoms with Crippen LogP contribution in [0.5, 0.6) is 0 Å². The average Bonchev–Trinajstić information content (AvgIpc) is 2.28. The molecule has 1 rings (SSSR count). The Labute approximate surface area is 102 Å². The molecule has 1 atom stereocenters. The minimum atomic E-state index is 0.00458. The molecule has 3 heteroatoms. The molecular formula is C13H16ClNO. The summed E-state index contributed by atoms with van der Waals surface area (Å²) in [7, 11) is 1.79. The number of carbonyl (C=O) groups is 1. The van der Waals surface area contributed by atoms with Gasteiger partial charge in [0.1, 0.15) is 0 Å². The van der Waals surface area contributed by atoms with Crippen molar-refractivity contribution in [1.29, 1.82) is 0 Å². The Balaban J connectivity index is 2.81. The van der Waals surface area contributed by atoms with Gasteiger partial charge in [0.2, 0.25) is 5.91 Å². The average molecular weight is 238 g/mol. The van der Waals surface area contributed by atoms with Crippen molar-refractivity contribution in [2.75, 3.05) is 7.05 Å². The summed E-state index contributed by atoms with van der Waals surface area (Å²) in [4.78, 5) is 13.3. The lowest BCUT2D eigenvalue weighted by atomic mass is 10.1. The lowest BCUT2D eigenvalue weighted by Crippen LogP contribution is -2.27. The fourth-order valence-corrected chi connectivity index (χ4v) is 1.54. The van der Waals surface area contributed by atoms with Crippen LogP contribution in [0.25, 0.3) is 0 Å². The van der Waals surface area contributed by atoms with Gasteiger partial charge in [0.15, 0.2) is 0 Å². The lowest BCUT2D eigenvalue weighted by Gasteiger charge is -2.24. The molecule has 0 spiro atoms. The first-order chi connectivity index (χ1) is 7.56. The van der Waals surface area contributed by atoms with E-state index in [9.17, 15) is 4.79 Å². The van der Waals surface area contributed by atoms with E-state index in [1.165, 1.54) is 0 Å². The molecule has 0 heterocycles. The number of hydrogen-bond donors (Lipinski definition) is 0. The molecule has 86 valence electrons. The highest BCUT2D eigenvalue weighted by molar-refractivity contribution is 6.30. The SMILES string of the molecule is CC=CC(=O)N(C)C(C)c1ccc(Cl)cc1. The molecule has 0 saturated heterocycles. The van der Waals surface area contributed by atoms with Gasteiger partial charge in [0, 0.05) is 12.1 Å². The van der Waals surface area contributed by atoms with Gasteiger partial charge in [-0.1, -0.05) is 29.8 Å². The van der Waals surface area contributed by atoms with E-state index in [4.69, 9.17) is 11.6 Å². The number of benzene rings is 1. The van der Waals surface area contributed by atoms with E-state index in [1.807, 2.05) is 38.1 Å². The van der Waals surface area contributed by atoms with Gasteiger partial charge in [0.25, 0.3) is 0 Å². The largest absolute Gasteiger partial charge is 0.335 e. The van der Waals surface area contributed by atoms with E-state index in [0.717, 1.165) is 5.56 Å². The Kier molecular flexibility index (Phi) is 4.56. The highest BCUT2D eigenvalue weighted by atomic mass is 35.5. The highest BCUT2D eigenvalue weighted by Gasteiger charge is 2.14. The molecule has 16 heavy (non-hydrogen) atoms. The number of allylic oxidation sites excluding steroid dienone is 1. The predicted octanol–water partition coefficient (Wildman–Crippen LogP) is 3.44. The molecule has 1 unspecified atom stereocenters. The van der Waals surface area contributed by atoms with Crippen molar-refractivity contribution in [2.24, 2.45) is 0 Å². The Morgan fingerprint density at radius 3 is 2.44 bits per heavy atom. The second-order valence-corrected chi connectivity index (χ2v) is 4.11. The van der Waals surface area contributed by atoms with E-state index >= 15 is 0 Å². The Hall–Kier alpha value is -1.28. The third kappa shape index (κ3) is 3.11. The van der Waals surface area contributed by atoms with Gasteiger partial charge in [-0.15, -0.1) is 0 Å². The van der Waals surface area contributed by atoms with E-state index < -0.39 is 0 Å². The topological polar surface area (TPSA) is 20.3 Å². The third-order valence-electron chi connectivity index (χ3n) is 2.59. The summed E-state index contributed by atoms with van der Waals surface area (Å²) in [6.07, 6.45) is 3.31. The second-order valence-electron chi connectivity index (χ2n) is 3.68. The van der Waals surface area contributed by atoms with Crippen LogP contribution >= 0.6 is 11.6 Å². The normalized spacial score (nSPS) is 12.8. The van der Waals surface area contributed by atoms with Gasteiger partial charge in [0.05, 0.1) is 6.04 Å². The van der Waals surface area contributed by atoms with Crippen LogP contribution in [0.2, 0.25) is 5.02 Å². The van der Waals surface area contributed by atoms with Gasteiger partial charge in [-0.2, -0.15) is 0 Å². The first-order valence-electron chi connectivity index (χ1n) is 5.21.